The van der Waals surface area contributed by atoms with E-state index in [2.05, 4.69) is 21.5 Å². The summed E-state index contributed by atoms with van der Waals surface area (Å²) < 4.78 is 0. The molecule has 0 radical (unpaired) electrons. The number of nitrogens with one attached hydrogen (secondary N) is 4. The normalized spacial score (nSPS) is 15.6. The molecule has 4 amide bonds. The number of benzene rings is 1. The van der Waals surface area contributed by atoms with E-state index in [1.165, 1.54) is 34.6 Å². The maximum absolute atomic E-state index is 12.4. The Bertz CT molecular complexity index is 895. The van der Waals surface area contributed by atoms with Gasteiger partial charge in [0, 0.05) is 22.2 Å². The Kier molecular flexibility index (Phi) is 5.80. The summed E-state index contributed by atoms with van der Waals surface area (Å²) in [5.41, 5.74) is 7.19. The van der Waals surface area contributed by atoms with E-state index in [-0.39, 0.29) is 18.0 Å². The first kappa shape index (κ1) is 19.4. The summed E-state index contributed by atoms with van der Waals surface area (Å²) in [6, 6.07) is 8.48. The van der Waals surface area contributed by atoms with Crippen LogP contribution in [0.15, 0.2) is 30.3 Å². The number of urea groups is 1. The molecule has 1 heterocycles. The third-order valence-electron chi connectivity index (χ3n) is 5.08. The van der Waals surface area contributed by atoms with Crippen molar-refractivity contribution in [2.75, 3.05) is 5.32 Å². The quantitative estimate of drug-likeness (QED) is 0.458. The van der Waals surface area contributed by atoms with E-state index in [0.717, 1.165) is 32.1 Å². The number of anilines is 1. The standard InChI is InChI=1S/C21H24N4O3S/c26-19(13-6-8-15(9-7-13)22-21(28)23-16-10-11-16)24-25-20(27)18-12-14-4-2-1-3-5-17(14)29-18/h6-9,12,16H,1-5,10-11H2,(H,24,26)(H,25,27)(H2,22,23,28). The number of rotatable bonds is 4. The van der Waals surface area contributed by atoms with Crippen LogP contribution in [0.3, 0.4) is 0 Å². The topological polar surface area (TPSA) is 99.3 Å². The molecule has 2 aromatic rings. The van der Waals surface area contributed by atoms with Gasteiger partial charge in [-0.15, -0.1) is 11.3 Å². The second kappa shape index (κ2) is 8.65. The van der Waals surface area contributed by atoms with Gasteiger partial charge in [-0.3, -0.25) is 20.4 Å². The maximum Gasteiger partial charge on any atom is 0.319 e. The minimum absolute atomic E-state index is 0.244. The maximum atomic E-state index is 12.4. The molecule has 0 spiro atoms. The molecule has 0 atom stereocenters. The van der Waals surface area contributed by atoms with E-state index in [4.69, 9.17) is 0 Å². The van der Waals surface area contributed by atoms with E-state index in [9.17, 15) is 14.4 Å². The Morgan fingerprint density at radius 3 is 2.38 bits per heavy atom. The molecule has 29 heavy (non-hydrogen) atoms. The molecule has 4 rings (SSSR count). The highest BCUT2D eigenvalue weighted by Gasteiger charge is 2.23. The Hall–Kier alpha value is -2.87. The minimum atomic E-state index is -0.412. The van der Waals surface area contributed by atoms with Gasteiger partial charge in [0.2, 0.25) is 0 Å². The van der Waals surface area contributed by atoms with Crippen LogP contribution in [0.1, 0.15) is 62.6 Å². The van der Waals surface area contributed by atoms with Crippen molar-refractivity contribution >= 4 is 34.9 Å². The average molecular weight is 413 g/mol. The van der Waals surface area contributed by atoms with E-state index in [0.29, 0.717) is 16.1 Å². The highest BCUT2D eigenvalue weighted by Crippen LogP contribution is 2.28. The zero-order valence-electron chi connectivity index (χ0n) is 16.0. The van der Waals surface area contributed by atoms with Gasteiger partial charge in [0.1, 0.15) is 0 Å². The van der Waals surface area contributed by atoms with E-state index >= 15 is 0 Å². The number of fused-ring (bicyclic) bond motifs is 1. The van der Waals surface area contributed by atoms with E-state index in [1.54, 1.807) is 24.3 Å². The van der Waals surface area contributed by atoms with Crippen LogP contribution in [0.4, 0.5) is 10.5 Å². The van der Waals surface area contributed by atoms with Crippen LogP contribution in [0.25, 0.3) is 0 Å². The molecule has 1 saturated carbocycles. The van der Waals surface area contributed by atoms with E-state index in [1.807, 2.05) is 6.07 Å². The lowest BCUT2D eigenvalue weighted by Crippen LogP contribution is -2.41. The predicted octanol–water partition coefficient (Wildman–Crippen LogP) is 3.38. The predicted molar refractivity (Wildman–Crippen MR) is 112 cm³/mol. The molecule has 2 aliphatic carbocycles. The molecule has 0 saturated heterocycles. The first-order chi connectivity index (χ1) is 14.1. The summed E-state index contributed by atoms with van der Waals surface area (Å²) in [5.74, 6) is -0.711. The number of hydrogen-bond acceptors (Lipinski definition) is 4. The van der Waals surface area contributed by atoms with Crippen molar-refractivity contribution in [3.8, 4) is 0 Å². The molecule has 1 fully saturated rings. The molecule has 4 N–H and O–H groups in total. The SMILES string of the molecule is O=C(Nc1ccc(C(=O)NNC(=O)c2cc3c(s2)CCCCC3)cc1)NC1CC1. The Labute approximate surface area is 173 Å². The molecule has 152 valence electrons. The van der Waals surface area contributed by atoms with Crippen LogP contribution in [0, 0.1) is 0 Å². The fourth-order valence-electron chi connectivity index (χ4n) is 3.31. The molecular weight excluding hydrogens is 388 g/mol. The highest BCUT2D eigenvalue weighted by atomic mass is 32.1. The number of hydrazine groups is 1. The van der Waals surface area contributed by atoms with Crippen LogP contribution in [-0.4, -0.2) is 23.9 Å². The molecule has 0 bridgehead atoms. The second-order valence-electron chi connectivity index (χ2n) is 7.48. The van der Waals surface area contributed by atoms with Crippen molar-refractivity contribution in [1.29, 1.82) is 0 Å². The molecule has 0 unspecified atom stereocenters. The summed E-state index contributed by atoms with van der Waals surface area (Å²) in [6.45, 7) is 0. The van der Waals surface area contributed by atoms with Crippen LogP contribution < -0.4 is 21.5 Å². The minimum Gasteiger partial charge on any atom is -0.335 e. The van der Waals surface area contributed by atoms with Gasteiger partial charge < -0.3 is 10.6 Å². The Morgan fingerprint density at radius 2 is 1.62 bits per heavy atom. The van der Waals surface area contributed by atoms with Crippen molar-refractivity contribution in [2.24, 2.45) is 0 Å². The largest absolute Gasteiger partial charge is 0.335 e. The highest BCUT2D eigenvalue weighted by molar-refractivity contribution is 7.14. The smallest absolute Gasteiger partial charge is 0.319 e. The molecule has 1 aromatic carbocycles. The van der Waals surface area contributed by atoms with Gasteiger partial charge in [-0.2, -0.15) is 0 Å². The fourth-order valence-corrected chi connectivity index (χ4v) is 4.46. The number of thiophene rings is 1. The van der Waals surface area contributed by atoms with Crippen molar-refractivity contribution in [2.45, 2.75) is 51.0 Å². The van der Waals surface area contributed by atoms with Crippen LogP contribution >= 0.6 is 11.3 Å². The lowest BCUT2D eigenvalue weighted by molar-refractivity contribution is 0.0849. The Morgan fingerprint density at radius 1 is 0.897 bits per heavy atom. The fraction of sp³-hybridized carbons (Fsp3) is 0.381. The number of amides is 4. The van der Waals surface area contributed by atoms with Crippen LogP contribution in [0.5, 0.6) is 0 Å². The number of hydrogen-bond donors (Lipinski definition) is 4. The second-order valence-corrected chi connectivity index (χ2v) is 8.61. The first-order valence-electron chi connectivity index (χ1n) is 9.98. The van der Waals surface area contributed by atoms with Crippen molar-refractivity contribution in [3.63, 3.8) is 0 Å². The van der Waals surface area contributed by atoms with Gasteiger partial charge in [0.25, 0.3) is 11.8 Å². The number of carbonyl (C=O) groups is 3. The van der Waals surface area contributed by atoms with Gasteiger partial charge in [-0.25, -0.2) is 4.79 Å². The van der Waals surface area contributed by atoms with Gasteiger partial charge in [-0.1, -0.05) is 6.42 Å². The third-order valence-corrected chi connectivity index (χ3v) is 6.31. The summed E-state index contributed by atoms with van der Waals surface area (Å²) in [4.78, 5) is 38.3. The number of aryl methyl sites for hydroxylation is 2. The van der Waals surface area contributed by atoms with Gasteiger partial charge >= 0.3 is 6.03 Å². The Balaban J connectivity index is 1.28. The molecule has 1 aromatic heterocycles. The van der Waals surface area contributed by atoms with Crippen LogP contribution in [-0.2, 0) is 12.8 Å². The number of carbonyl (C=O) groups excluding carboxylic acids is 3. The van der Waals surface area contributed by atoms with E-state index < -0.39 is 5.91 Å². The molecule has 0 aliphatic heterocycles. The third kappa shape index (κ3) is 5.14. The summed E-state index contributed by atoms with van der Waals surface area (Å²) >= 11 is 1.51. The molecular formula is C21H24N4O3S. The van der Waals surface area contributed by atoms with Gasteiger partial charge in [-0.05, 0) is 74.4 Å². The summed E-state index contributed by atoms with van der Waals surface area (Å²) in [6.07, 6.45) is 7.65. The zero-order chi connectivity index (χ0) is 20.2. The molecule has 7 nitrogen and oxygen atoms in total. The summed E-state index contributed by atoms with van der Waals surface area (Å²) in [7, 11) is 0. The average Bonchev–Trinajstić information content (AvgIpc) is 3.48. The van der Waals surface area contributed by atoms with Crippen LogP contribution in [0.2, 0.25) is 0 Å². The first-order valence-corrected chi connectivity index (χ1v) is 10.8. The lowest BCUT2D eigenvalue weighted by Gasteiger charge is -2.09. The van der Waals surface area contributed by atoms with Crippen molar-refractivity contribution in [3.05, 3.63) is 51.2 Å². The van der Waals surface area contributed by atoms with Gasteiger partial charge in [0.15, 0.2) is 0 Å². The van der Waals surface area contributed by atoms with Gasteiger partial charge in [0.05, 0.1) is 4.88 Å². The van der Waals surface area contributed by atoms with Crippen molar-refractivity contribution < 1.29 is 14.4 Å². The summed E-state index contributed by atoms with van der Waals surface area (Å²) in [5, 5.41) is 5.56. The molecule has 2 aliphatic rings. The zero-order valence-corrected chi connectivity index (χ0v) is 16.9. The molecule has 8 heteroatoms. The lowest BCUT2D eigenvalue weighted by atomic mass is 10.1. The monoisotopic (exact) mass is 412 g/mol. The van der Waals surface area contributed by atoms with Crippen molar-refractivity contribution in [1.82, 2.24) is 16.2 Å².